The van der Waals surface area contributed by atoms with Crippen LogP contribution in [-0.4, -0.2) is 16.8 Å². The number of hydrogen-bond acceptors (Lipinski definition) is 2. The van der Waals surface area contributed by atoms with E-state index in [2.05, 4.69) is 35.8 Å². The van der Waals surface area contributed by atoms with Gasteiger partial charge in [0.2, 0.25) is 0 Å². The summed E-state index contributed by atoms with van der Waals surface area (Å²) in [5.74, 6) is 0.807. The number of nitrogens with zero attached hydrogens (tertiary/aromatic N) is 1. The molecule has 22 heavy (non-hydrogen) atoms. The average Bonchev–Trinajstić information content (AvgIpc) is 2.86. The second kappa shape index (κ2) is 5.18. The van der Waals surface area contributed by atoms with Gasteiger partial charge in [0.05, 0.1) is 18.2 Å². The molecule has 0 atom stereocenters. The van der Waals surface area contributed by atoms with Gasteiger partial charge in [-0.3, -0.25) is 0 Å². The third-order valence-corrected chi connectivity index (χ3v) is 3.98. The normalized spacial score (nSPS) is 11.9. The minimum absolute atomic E-state index is 0.807. The SMILES string of the molecule is COc1ccc2c(C(C)(C)O)cn(-c3ccc(C)cc3)c2c1. The highest BCUT2D eigenvalue weighted by Crippen LogP contribution is 2.34. The summed E-state index contributed by atoms with van der Waals surface area (Å²) in [6.45, 7) is 5.69. The number of hydrogen-bond donors (Lipinski definition) is 1. The molecule has 0 saturated heterocycles. The Kier molecular flexibility index (Phi) is 3.45. The molecule has 2 aromatic carbocycles. The quantitative estimate of drug-likeness (QED) is 0.786. The van der Waals surface area contributed by atoms with Crippen molar-refractivity contribution < 1.29 is 9.84 Å². The molecule has 3 heteroatoms. The molecule has 1 heterocycles. The number of methoxy groups -OCH3 is 1. The van der Waals surface area contributed by atoms with Crippen molar-refractivity contribution in [1.82, 2.24) is 4.57 Å². The van der Waals surface area contributed by atoms with Crippen LogP contribution in [0, 0.1) is 6.92 Å². The molecule has 1 N–H and O–H groups in total. The highest BCUT2D eigenvalue weighted by molar-refractivity contribution is 5.87. The van der Waals surface area contributed by atoms with Crippen molar-refractivity contribution >= 4 is 10.9 Å². The van der Waals surface area contributed by atoms with Gasteiger partial charge >= 0.3 is 0 Å². The first kappa shape index (κ1) is 14.7. The molecule has 0 aliphatic carbocycles. The highest BCUT2D eigenvalue weighted by atomic mass is 16.5. The van der Waals surface area contributed by atoms with Crippen molar-refractivity contribution in [3.63, 3.8) is 0 Å². The Morgan fingerprint density at radius 2 is 1.73 bits per heavy atom. The second-order valence-electron chi connectivity index (χ2n) is 6.19. The van der Waals surface area contributed by atoms with Crippen molar-refractivity contribution in [1.29, 1.82) is 0 Å². The predicted molar refractivity (Wildman–Crippen MR) is 89.8 cm³/mol. The van der Waals surface area contributed by atoms with Gasteiger partial charge in [0.25, 0.3) is 0 Å². The van der Waals surface area contributed by atoms with E-state index in [0.29, 0.717) is 0 Å². The van der Waals surface area contributed by atoms with Crippen LogP contribution in [0.2, 0.25) is 0 Å². The summed E-state index contributed by atoms with van der Waals surface area (Å²) < 4.78 is 7.45. The Labute approximate surface area is 130 Å². The van der Waals surface area contributed by atoms with Gasteiger partial charge in [-0.25, -0.2) is 0 Å². The summed E-state index contributed by atoms with van der Waals surface area (Å²) in [6.07, 6.45) is 2.01. The van der Waals surface area contributed by atoms with Gasteiger partial charge in [-0.05, 0) is 45.0 Å². The van der Waals surface area contributed by atoms with Gasteiger partial charge in [-0.2, -0.15) is 0 Å². The topological polar surface area (TPSA) is 34.4 Å². The number of ether oxygens (including phenoxy) is 1. The Bertz CT molecular complexity index is 808. The van der Waals surface area contributed by atoms with Gasteiger partial charge in [0.15, 0.2) is 0 Å². The number of aryl methyl sites for hydroxylation is 1. The van der Waals surface area contributed by atoms with Crippen LogP contribution in [0.25, 0.3) is 16.6 Å². The zero-order valence-corrected chi connectivity index (χ0v) is 13.4. The summed E-state index contributed by atoms with van der Waals surface area (Å²) >= 11 is 0. The van der Waals surface area contributed by atoms with Crippen LogP contribution in [0.3, 0.4) is 0 Å². The van der Waals surface area contributed by atoms with E-state index < -0.39 is 5.60 Å². The minimum atomic E-state index is -0.900. The van der Waals surface area contributed by atoms with E-state index in [1.54, 1.807) is 7.11 Å². The van der Waals surface area contributed by atoms with Crippen LogP contribution in [0.4, 0.5) is 0 Å². The molecule has 114 valence electrons. The van der Waals surface area contributed by atoms with Crippen molar-refractivity contribution in [2.75, 3.05) is 7.11 Å². The number of fused-ring (bicyclic) bond motifs is 1. The summed E-state index contributed by atoms with van der Waals surface area (Å²) in [6, 6.07) is 14.3. The first-order chi connectivity index (χ1) is 10.4. The molecule has 0 spiro atoms. The molecule has 0 amide bonds. The van der Waals surface area contributed by atoms with Crippen LogP contribution >= 0.6 is 0 Å². The van der Waals surface area contributed by atoms with Gasteiger partial charge in [0, 0.05) is 28.9 Å². The van der Waals surface area contributed by atoms with Crippen LogP contribution < -0.4 is 4.74 Å². The lowest BCUT2D eigenvalue weighted by atomic mass is 9.98. The Morgan fingerprint density at radius 3 is 2.32 bits per heavy atom. The van der Waals surface area contributed by atoms with Gasteiger partial charge in [-0.1, -0.05) is 17.7 Å². The highest BCUT2D eigenvalue weighted by Gasteiger charge is 2.22. The smallest absolute Gasteiger partial charge is 0.120 e. The molecule has 0 bridgehead atoms. The molecular weight excluding hydrogens is 274 g/mol. The molecule has 3 nitrogen and oxygen atoms in total. The largest absolute Gasteiger partial charge is 0.497 e. The Balaban J connectivity index is 2.30. The fraction of sp³-hybridized carbons (Fsp3) is 0.263. The van der Waals surface area contributed by atoms with Crippen LogP contribution in [-0.2, 0) is 5.60 Å². The molecule has 3 aromatic rings. The summed E-state index contributed by atoms with van der Waals surface area (Å²) in [7, 11) is 1.66. The van der Waals surface area contributed by atoms with Crippen molar-refractivity contribution in [3.8, 4) is 11.4 Å². The zero-order chi connectivity index (χ0) is 15.9. The third kappa shape index (κ3) is 2.48. The number of benzene rings is 2. The average molecular weight is 295 g/mol. The minimum Gasteiger partial charge on any atom is -0.497 e. The van der Waals surface area contributed by atoms with Crippen molar-refractivity contribution in [2.45, 2.75) is 26.4 Å². The molecular formula is C19H21NO2. The molecule has 0 saturated carbocycles. The van der Waals surface area contributed by atoms with E-state index in [1.807, 2.05) is 38.2 Å². The van der Waals surface area contributed by atoms with E-state index >= 15 is 0 Å². The predicted octanol–water partition coefficient (Wildman–Crippen LogP) is 4.17. The molecule has 0 aliphatic heterocycles. The van der Waals surface area contributed by atoms with Crippen molar-refractivity contribution in [2.24, 2.45) is 0 Å². The van der Waals surface area contributed by atoms with Crippen LogP contribution in [0.1, 0.15) is 25.0 Å². The fourth-order valence-corrected chi connectivity index (χ4v) is 2.74. The van der Waals surface area contributed by atoms with E-state index in [4.69, 9.17) is 4.74 Å². The number of aromatic nitrogens is 1. The number of aliphatic hydroxyl groups is 1. The molecule has 0 radical (unpaired) electrons. The lowest BCUT2D eigenvalue weighted by Crippen LogP contribution is -2.14. The monoisotopic (exact) mass is 295 g/mol. The van der Waals surface area contributed by atoms with E-state index in [9.17, 15) is 5.11 Å². The lowest BCUT2D eigenvalue weighted by Gasteiger charge is -2.16. The maximum atomic E-state index is 10.5. The second-order valence-corrected chi connectivity index (χ2v) is 6.19. The van der Waals surface area contributed by atoms with Gasteiger partial charge < -0.3 is 14.4 Å². The molecule has 1 aromatic heterocycles. The Hall–Kier alpha value is -2.26. The van der Waals surface area contributed by atoms with E-state index in [0.717, 1.165) is 27.9 Å². The van der Waals surface area contributed by atoms with E-state index in [1.165, 1.54) is 5.56 Å². The van der Waals surface area contributed by atoms with Gasteiger partial charge in [0.1, 0.15) is 5.75 Å². The van der Waals surface area contributed by atoms with Gasteiger partial charge in [-0.15, -0.1) is 0 Å². The molecule has 3 rings (SSSR count). The summed E-state index contributed by atoms with van der Waals surface area (Å²) in [4.78, 5) is 0. The maximum absolute atomic E-state index is 10.5. The standard InChI is InChI=1S/C19H21NO2/c1-13-5-7-14(8-6-13)20-12-17(19(2,3)21)16-10-9-15(22-4)11-18(16)20/h5-12,21H,1-4H3. The summed E-state index contributed by atoms with van der Waals surface area (Å²) in [5, 5.41) is 11.5. The first-order valence-corrected chi connectivity index (χ1v) is 7.39. The molecule has 0 unspecified atom stereocenters. The van der Waals surface area contributed by atoms with Crippen LogP contribution in [0.5, 0.6) is 5.75 Å². The van der Waals surface area contributed by atoms with E-state index in [-0.39, 0.29) is 0 Å². The van der Waals surface area contributed by atoms with Crippen molar-refractivity contribution in [3.05, 3.63) is 59.8 Å². The zero-order valence-electron chi connectivity index (χ0n) is 13.4. The number of rotatable bonds is 3. The summed E-state index contributed by atoms with van der Waals surface area (Å²) in [5.41, 5.74) is 3.33. The first-order valence-electron chi connectivity index (χ1n) is 7.39. The fourth-order valence-electron chi connectivity index (χ4n) is 2.74. The lowest BCUT2D eigenvalue weighted by molar-refractivity contribution is 0.0801. The molecule has 0 fully saturated rings. The third-order valence-electron chi connectivity index (χ3n) is 3.98. The maximum Gasteiger partial charge on any atom is 0.120 e. The Morgan fingerprint density at radius 1 is 1.05 bits per heavy atom. The molecule has 0 aliphatic rings. The van der Waals surface area contributed by atoms with Crippen LogP contribution in [0.15, 0.2) is 48.7 Å².